The lowest BCUT2D eigenvalue weighted by Gasteiger charge is -2.26. The Balaban J connectivity index is 2.45. The van der Waals surface area contributed by atoms with Gasteiger partial charge in [-0.2, -0.15) is 0 Å². The van der Waals surface area contributed by atoms with E-state index in [9.17, 15) is 5.11 Å². The first-order valence-corrected chi connectivity index (χ1v) is 5.76. The van der Waals surface area contributed by atoms with E-state index >= 15 is 0 Å². The summed E-state index contributed by atoms with van der Waals surface area (Å²) in [6.45, 7) is 2.55. The molecular formula is C13H21NO3. The van der Waals surface area contributed by atoms with E-state index in [1.54, 1.807) is 0 Å². The number of nitrogens with one attached hydrogen (secondary N) is 1. The summed E-state index contributed by atoms with van der Waals surface area (Å²) >= 11 is 0. The molecule has 1 aromatic rings. The van der Waals surface area contributed by atoms with Crippen molar-refractivity contribution >= 4 is 0 Å². The van der Waals surface area contributed by atoms with E-state index in [0.29, 0.717) is 13.0 Å². The molecule has 17 heavy (non-hydrogen) atoms. The molecular weight excluding hydrogens is 218 g/mol. The van der Waals surface area contributed by atoms with Gasteiger partial charge >= 0.3 is 0 Å². The van der Waals surface area contributed by atoms with Gasteiger partial charge in [0, 0.05) is 12.0 Å². The fourth-order valence-electron chi connectivity index (χ4n) is 1.41. The summed E-state index contributed by atoms with van der Waals surface area (Å²) in [5.74, 6) is 0.743. The zero-order chi connectivity index (χ0) is 12.7. The second-order valence-corrected chi connectivity index (χ2v) is 4.37. The number of rotatable bonds is 7. The molecule has 0 aliphatic carbocycles. The molecule has 0 saturated carbocycles. The maximum Gasteiger partial charge on any atom is 0.119 e. The number of ether oxygens (including phenoxy) is 1. The van der Waals surface area contributed by atoms with Gasteiger partial charge in [0.05, 0.1) is 19.8 Å². The summed E-state index contributed by atoms with van der Waals surface area (Å²) in [6, 6.07) is 7.37. The number of aliphatic hydroxyl groups excluding tert-OH is 2. The number of benzene rings is 1. The van der Waals surface area contributed by atoms with Crippen LogP contribution in [0.2, 0.25) is 0 Å². The average Bonchev–Trinajstić information content (AvgIpc) is 2.39. The highest BCUT2D eigenvalue weighted by Crippen LogP contribution is 2.15. The molecule has 0 bridgehead atoms. The third-order valence-corrected chi connectivity index (χ3v) is 2.96. The van der Waals surface area contributed by atoms with E-state index in [2.05, 4.69) is 5.32 Å². The molecule has 4 nitrogen and oxygen atoms in total. The molecule has 1 rings (SSSR count). The van der Waals surface area contributed by atoms with Gasteiger partial charge in [-0.3, -0.25) is 0 Å². The lowest BCUT2D eigenvalue weighted by Crippen LogP contribution is -2.44. The van der Waals surface area contributed by atoms with Crippen LogP contribution < -0.4 is 10.1 Å². The van der Waals surface area contributed by atoms with E-state index in [-0.39, 0.29) is 18.8 Å². The van der Waals surface area contributed by atoms with Crippen molar-refractivity contribution in [1.29, 1.82) is 0 Å². The topological polar surface area (TPSA) is 61.7 Å². The maximum absolute atomic E-state index is 9.21. The van der Waals surface area contributed by atoms with Crippen molar-refractivity contribution in [2.75, 3.05) is 20.3 Å². The Bertz CT molecular complexity index is 337. The van der Waals surface area contributed by atoms with E-state index in [1.165, 1.54) is 0 Å². The summed E-state index contributed by atoms with van der Waals surface area (Å²) in [4.78, 5) is 0. The van der Waals surface area contributed by atoms with Crippen molar-refractivity contribution in [3.63, 3.8) is 0 Å². The van der Waals surface area contributed by atoms with Gasteiger partial charge in [-0.15, -0.1) is 0 Å². The summed E-state index contributed by atoms with van der Waals surface area (Å²) < 4.78 is 5.59. The Hall–Kier alpha value is -1.10. The molecule has 0 aromatic heterocycles. The van der Waals surface area contributed by atoms with Crippen LogP contribution in [0.3, 0.4) is 0 Å². The summed E-state index contributed by atoms with van der Waals surface area (Å²) in [7, 11) is 1.82. The second kappa shape index (κ2) is 6.59. The molecule has 0 aliphatic rings. The van der Waals surface area contributed by atoms with Crippen molar-refractivity contribution < 1.29 is 14.9 Å². The minimum atomic E-state index is -0.311. The van der Waals surface area contributed by atoms with Crippen molar-refractivity contribution in [2.45, 2.75) is 25.5 Å². The SMILES string of the molecule is CNC(C)(CO)CCOc1cccc(CO)c1. The van der Waals surface area contributed by atoms with E-state index in [1.807, 2.05) is 38.2 Å². The van der Waals surface area contributed by atoms with Crippen LogP contribution in [0.1, 0.15) is 18.9 Å². The molecule has 1 unspecified atom stereocenters. The highest BCUT2D eigenvalue weighted by atomic mass is 16.5. The van der Waals surface area contributed by atoms with E-state index in [4.69, 9.17) is 9.84 Å². The predicted octanol–water partition coefficient (Wildman–Crippen LogP) is 0.918. The molecule has 1 aromatic carbocycles. The van der Waals surface area contributed by atoms with E-state index < -0.39 is 0 Å². The van der Waals surface area contributed by atoms with Gasteiger partial charge < -0.3 is 20.3 Å². The molecule has 0 heterocycles. The first-order chi connectivity index (χ1) is 8.13. The zero-order valence-corrected chi connectivity index (χ0v) is 10.4. The predicted molar refractivity (Wildman–Crippen MR) is 67.0 cm³/mol. The minimum Gasteiger partial charge on any atom is -0.494 e. The molecule has 0 spiro atoms. The Morgan fingerprint density at radius 1 is 1.35 bits per heavy atom. The smallest absolute Gasteiger partial charge is 0.119 e. The minimum absolute atomic E-state index is 0.0159. The molecule has 0 fully saturated rings. The molecule has 96 valence electrons. The zero-order valence-electron chi connectivity index (χ0n) is 10.4. The van der Waals surface area contributed by atoms with Gasteiger partial charge in [0.1, 0.15) is 5.75 Å². The van der Waals surface area contributed by atoms with Crippen molar-refractivity contribution in [3.05, 3.63) is 29.8 Å². The highest BCUT2D eigenvalue weighted by Gasteiger charge is 2.20. The Kier molecular flexibility index (Phi) is 5.41. The fraction of sp³-hybridized carbons (Fsp3) is 0.538. The Morgan fingerprint density at radius 3 is 2.71 bits per heavy atom. The monoisotopic (exact) mass is 239 g/mol. The molecule has 0 radical (unpaired) electrons. The first-order valence-electron chi connectivity index (χ1n) is 5.76. The number of hydrogen-bond donors (Lipinski definition) is 3. The van der Waals surface area contributed by atoms with Gasteiger partial charge in [0.2, 0.25) is 0 Å². The number of hydrogen-bond acceptors (Lipinski definition) is 4. The van der Waals surface area contributed by atoms with Crippen LogP contribution in [0.4, 0.5) is 0 Å². The van der Waals surface area contributed by atoms with Gasteiger partial charge in [0.15, 0.2) is 0 Å². The number of likely N-dealkylation sites (N-methyl/N-ethyl adjacent to an activating group) is 1. The van der Waals surface area contributed by atoms with Crippen molar-refractivity contribution in [1.82, 2.24) is 5.32 Å². The van der Waals surface area contributed by atoms with Crippen LogP contribution in [0.15, 0.2) is 24.3 Å². The van der Waals surface area contributed by atoms with Crippen LogP contribution in [-0.2, 0) is 6.61 Å². The fourth-order valence-corrected chi connectivity index (χ4v) is 1.41. The van der Waals surface area contributed by atoms with Crippen LogP contribution in [0, 0.1) is 0 Å². The standard InChI is InChI=1S/C13H21NO3/c1-13(10-16,14-2)6-7-17-12-5-3-4-11(8-12)9-15/h3-5,8,14-16H,6-7,9-10H2,1-2H3. The van der Waals surface area contributed by atoms with Crippen LogP contribution >= 0.6 is 0 Å². The molecule has 0 aliphatic heterocycles. The lowest BCUT2D eigenvalue weighted by atomic mass is 10.0. The van der Waals surface area contributed by atoms with Crippen LogP contribution in [0.25, 0.3) is 0 Å². The highest BCUT2D eigenvalue weighted by molar-refractivity contribution is 5.27. The average molecular weight is 239 g/mol. The molecule has 3 N–H and O–H groups in total. The van der Waals surface area contributed by atoms with Crippen LogP contribution in [0.5, 0.6) is 5.75 Å². The first kappa shape index (κ1) is 14.0. The summed E-state index contributed by atoms with van der Waals surface area (Å²) in [5, 5.41) is 21.3. The Morgan fingerprint density at radius 2 is 2.12 bits per heavy atom. The van der Waals surface area contributed by atoms with E-state index in [0.717, 1.165) is 11.3 Å². The Labute approximate surface area is 102 Å². The molecule has 0 saturated heterocycles. The normalized spacial score (nSPS) is 14.4. The number of aliphatic hydroxyl groups is 2. The lowest BCUT2D eigenvalue weighted by molar-refractivity contribution is 0.151. The second-order valence-electron chi connectivity index (χ2n) is 4.37. The van der Waals surface area contributed by atoms with Crippen molar-refractivity contribution in [2.24, 2.45) is 0 Å². The van der Waals surface area contributed by atoms with Crippen LogP contribution in [-0.4, -0.2) is 36.0 Å². The largest absolute Gasteiger partial charge is 0.494 e. The molecule has 0 amide bonds. The third kappa shape index (κ3) is 4.34. The molecule has 4 heteroatoms. The quantitative estimate of drug-likeness (QED) is 0.662. The summed E-state index contributed by atoms with van der Waals surface area (Å²) in [6.07, 6.45) is 0.712. The van der Waals surface area contributed by atoms with Gasteiger partial charge in [-0.1, -0.05) is 12.1 Å². The maximum atomic E-state index is 9.21. The molecule has 1 atom stereocenters. The summed E-state index contributed by atoms with van der Waals surface area (Å²) in [5.41, 5.74) is 0.523. The van der Waals surface area contributed by atoms with Gasteiger partial charge in [-0.25, -0.2) is 0 Å². The van der Waals surface area contributed by atoms with Gasteiger partial charge in [-0.05, 0) is 31.7 Å². The third-order valence-electron chi connectivity index (χ3n) is 2.96. The van der Waals surface area contributed by atoms with Gasteiger partial charge in [0.25, 0.3) is 0 Å². The van der Waals surface area contributed by atoms with Crippen molar-refractivity contribution in [3.8, 4) is 5.75 Å².